The molecule has 21 heavy (non-hydrogen) atoms. The largest absolute Gasteiger partial charge is 0.465 e. The number of methoxy groups -OCH3 is 1. The highest BCUT2D eigenvalue weighted by Gasteiger charge is 2.31. The average Bonchev–Trinajstić information content (AvgIpc) is 2.84. The molecular formula is C12H6BrF4NO3. The van der Waals surface area contributed by atoms with Crippen LogP contribution in [0.25, 0.3) is 11.3 Å². The standard InChI is InChI=1S/C12H6BrF4NO3/c1-3-4(12(19)20-2)11(18-21-3)5-7(14)9(16)6(13)10(17)8(5)15/h1-2H3. The van der Waals surface area contributed by atoms with Crippen LogP contribution in [0.5, 0.6) is 0 Å². The maximum absolute atomic E-state index is 13.9. The normalized spacial score (nSPS) is 10.8. The molecule has 0 atom stereocenters. The van der Waals surface area contributed by atoms with Crippen molar-refractivity contribution in [3.8, 4) is 11.3 Å². The number of carbonyl (C=O) groups is 1. The van der Waals surface area contributed by atoms with E-state index in [4.69, 9.17) is 0 Å². The van der Waals surface area contributed by atoms with Crippen molar-refractivity contribution >= 4 is 21.9 Å². The summed E-state index contributed by atoms with van der Waals surface area (Å²) in [6.07, 6.45) is 0. The van der Waals surface area contributed by atoms with Gasteiger partial charge >= 0.3 is 5.97 Å². The zero-order chi connectivity index (χ0) is 15.9. The molecule has 0 radical (unpaired) electrons. The lowest BCUT2D eigenvalue weighted by molar-refractivity contribution is 0.0599. The Hall–Kier alpha value is -1.90. The summed E-state index contributed by atoms with van der Waals surface area (Å²) in [4.78, 5) is 11.6. The van der Waals surface area contributed by atoms with Gasteiger partial charge in [0.15, 0.2) is 23.3 Å². The number of hydrogen-bond acceptors (Lipinski definition) is 4. The second-order valence-electron chi connectivity index (χ2n) is 3.90. The molecule has 0 amide bonds. The summed E-state index contributed by atoms with van der Waals surface area (Å²) in [7, 11) is 1.02. The molecule has 0 aliphatic carbocycles. The summed E-state index contributed by atoms with van der Waals surface area (Å²) in [5, 5.41) is 3.28. The number of aromatic nitrogens is 1. The molecular weight excluding hydrogens is 362 g/mol. The number of ether oxygens (including phenoxy) is 1. The van der Waals surface area contributed by atoms with Gasteiger partial charge in [-0.3, -0.25) is 0 Å². The highest BCUT2D eigenvalue weighted by Crippen LogP contribution is 2.36. The summed E-state index contributed by atoms with van der Waals surface area (Å²) >= 11 is 2.39. The molecule has 0 bridgehead atoms. The molecule has 0 spiro atoms. The van der Waals surface area contributed by atoms with Gasteiger partial charge in [-0.1, -0.05) is 5.16 Å². The van der Waals surface area contributed by atoms with Crippen LogP contribution in [-0.2, 0) is 4.74 Å². The Morgan fingerprint density at radius 1 is 1.14 bits per heavy atom. The SMILES string of the molecule is COC(=O)c1c(-c2c(F)c(F)c(Br)c(F)c2F)noc1C. The second-order valence-corrected chi connectivity index (χ2v) is 4.69. The molecule has 0 fully saturated rings. The Balaban J connectivity index is 2.84. The summed E-state index contributed by atoms with van der Waals surface area (Å²) in [6, 6.07) is 0. The Labute approximate surface area is 123 Å². The van der Waals surface area contributed by atoms with Gasteiger partial charge in [0.2, 0.25) is 0 Å². The fourth-order valence-corrected chi connectivity index (χ4v) is 2.05. The molecule has 112 valence electrons. The van der Waals surface area contributed by atoms with E-state index in [9.17, 15) is 22.4 Å². The molecule has 1 heterocycles. The fourth-order valence-electron chi connectivity index (χ4n) is 1.70. The molecule has 0 unspecified atom stereocenters. The van der Waals surface area contributed by atoms with Gasteiger partial charge in [0.1, 0.15) is 17.0 Å². The first-order chi connectivity index (χ1) is 9.81. The van der Waals surface area contributed by atoms with Gasteiger partial charge in [-0.25, -0.2) is 22.4 Å². The fraction of sp³-hybridized carbons (Fsp3) is 0.167. The van der Waals surface area contributed by atoms with Crippen LogP contribution in [0.3, 0.4) is 0 Å². The van der Waals surface area contributed by atoms with Crippen molar-refractivity contribution in [2.75, 3.05) is 7.11 Å². The smallest absolute Gasteiger partial charge is 0.343 e. The van der Waals surface area contributed by atoms with Crippen molar-refractivity contribution in [2.24, 2.45) is 0 Å². The predicted molar refractivity (Wildman–Crippen MR) is 65.5 cm³/mol. The van der Waals surface area contributed by atoms with Crippen LogP contribution in [0.1, 0.15) is 16.1 Å². The molecule has 2 aromatic rings. The number of benzene rings is 1. The molecule has 4 nitrogen and oxygen atoms in total. The van der Waals surface area contributed by atoms with Gasteiger partial charge in [0, 0.05) is 0 Å². The number of nitrogens with zero attached hydrogens (tertiary/aromatic N) is 1. The van der Waals surface area contributed by atoms with Crippen molar-refractivity contribution in [1.29, 1.82) is 0 Å². The third-order valence-corrected chi connectivity index (χ3v) is 3.40. The van der Waals surface area contributed by atoms with Crippen LogP contribution in [0.15, 0.2) is 9.00 Å². The van der Waals surface area contributed by atoms with Crippen molar-refractivity contribution in [3.63, 3.8) is 0 Å². The first-order valence-corrected chi connectivity index (χ1v) is 6.16. The van der Waals surface area contributed by atoms with Crippen LogP contribution in [-0.4, -0.2) is 18.2 Å². The number of esters is 1. The Morgan fingerprint density at radius 2 is 1.67 bits per heavy atom. The van der Waals surface area contributed by atoms with Crippen molar-refractivity contribution in [1.82, 2.24) is 5.16 Å². The van der Waals surface area contributed by atoms with Gasteiger partial charge in [0.25, 0.3) is 0 Å². The monoisotopic (exact) mass is 367 g/mol. The minimum atomic E-state index is -1.71. The van der Waals surface area contributed by atoms with E-state index < -0.39 is 50.5 Å². The average molecular weight is 368 g/mol. The number of carbonyl (C=O) groups excluding carboxylic acids is 1. The van der Waals surface area contributed by atoms with Gasteiger partial charge in [-0.2, -0.15) is 0 Å². The van der Waals surface area contributed by atoms with E-state index in [0.29, 0.717) is 0 Å². The number of halogens is 5. The first-order valence-electron chi connectivity index (χ1n) is 5.37. The van der Waals surface area contributed by atoms with E-state index in [1.807, 2.05) is 0 Å². The van der Waals surface area contributed by atoms with E-state index in [1.165, 1.54) is 6.92 Å². The third kappa shape index (κ3) is 2.31. The molecule has 0 N–H and O–H groups in total. The second kappa shape index (κ2) is 5.47. The van der Waals surface area contributed by atoms with Gasteiger partial charge < -0.3 is 9.26 Å². The molecule has 2 rings (SSSR count). The minimum absolute atomic E-state index is 0.112. The zero-order valence-corrected chi connectivity index (χ0v) is 12.1. The highest BCUT2D eigenvalue weighted by molar-refractivity contribution is 9.10. The molecule has 1 aromatic heterocycles. The third-order valence-electron chi connectivity index (χ3n) is 2.70. The molecule has 0 aliphatic rings. The van der Waals surface area contributed by atoms with Crippen LogP contribution < -0.4 is 0 Å². The van der Waals surface area contributed by atoms with E-state index in [0.717, 1.165) is 7.11 Å². The van der Waals surface area contributed by atoms with Crippen molar-refractivity contribution < 1.29 is 31.6 Å². The van der Waals surface area contributed by atoms with Crippen LogP contribution in [0, 0.1) is 30.2 Å². The maximum Gasteiger partial charge on any atom is 0.343 e. The topological polar surface area (TPSA) is 52.3 Å². The summed E-state index contributed by atoms with van der Waals surface area (Å²) in [5.74, 6) is -7.84. The van der Waals surface area contributed by atoms with Crippen LogP contribution >= 0.6 is 15.9 Å². The van der Waals surface area contributed by atoms with E-state index in [1.54, 1.807) is 0 Å². The number of rotatable bonds is 2. The predicted octanol–water partition coefficient (Wildman–Crippen LogP) is 3.76. The van der Waals surface area contributed by atoms with Gasteiger partial charge in [0.05, 0.1) is 17.1 Å². The highest BCUT2D eigenvalue weighted by atomic mass is 79.9. The van der Waals surface area contributed by atoms with E-state index in [-0.39, 0.29) is 5.76 Å². The van der Waals surface area contributed by atoms with Gasteiger partial charge in [-0.15, -0.1) is 0 Å². The Kier molecular flexibility index (Phi) is 4.04. The Bertz CT molecular complexity index is 716. The first kappa shape index (κ1) is 15.5. The summed E-state index contributed by atoms with van der Waals surface area (Å²) < 4.78 is 62.9. The molecule has 9 heteroatoms. The van der Waals surface area contributed by atoms with Crippen LogP contribution in [0.2, 0.25) is 0 Å². The van der Waals surface area contributed by atoms with Crippen molar-refractivity contribution in [3.05, 3.63) is 39.1 Å². The summed E-state index contributed by atoms with van der Waals surface area (Å²) in [6.45, 7) is 1.28. The lowest BCUT2D eigenvalue weighted by Crippen LogP contribution is -2.07. The maximum atomic E-state index is 13.9. The minimum Gasteiger partial charge on any atom is -0.465 e. The molecule has 0 saturated carbocycles. The number of hydrogen-bond donors (Lipinski definition) is 0. The number of aryl methyl sites for hydroxylation is 1. The van der Waals surface area contributed by atoms with Crippen molar-refractivity contribution in [2.45, 2.75) is 6.92 Å². The molecule has 0 aliphatic heterocycles. The molecule has 1 aromatic carbocycles. The zero-order valence-electron chi connectivity index (χ0n) is 10.6. The van der Waals surface area contributed by atoms with Crippen LogP contribution in [0.4, 0.5) is 17.6 Å². The van der Waals surface area contributed by atoms with E-state index >= 15 is 0 Å². The molecule has 0 saturated heterocycles. The van der Waals surface area contributed by atoms with E-state index in [2.05, 4.69) is 30.3 Å². The lowest BCUT2D eigenvalue weighted by Gasteiger charge is -2.07. The summed E-state index contributed by atoms with van der Waals surface area (Å²) in [5.41, 5.74) is -2.25. The Morgan fingerprint density at radius 3 is 2.14 bits per heavy atom. The van der Waals surface area contributed by atoms with Gasteiger partial charge in [-0.05, 0) is 22.9 Å². The lowest BCUT2D eigenvalue weighted by atomic mass is 10.0. The quantitative estimate of drug-likeness (QED) is 0.351.